The van der Waals surface area contributed by atoms with Gasteiger partial charge in [-0.1, -0.05) is 57.0 Å². The molecule has 2 nitrogen and oxygen atoms in total. The molecule has 3 aromatic rings. The molecule has 0 saturated heterocycles. The van der Waals surface area contributed by atoms with Gasteiger partial charge in [-0.2, -0.15) is 0 Å². The van der Waals surface area contributed by atoms with Crippen LogP contribution in [0.1, 0.15) is 50.7 Å². The molecule has 3 aromatic carbocycles. The van der Waals surface area contributed by atoms with Crippen LogP contribution in [0.5, 0.6) is 0 Å². The predicted molar refractivity (Wildman–Crippen MR) is 112 cm³/mol. The minimum atomic E-state index is -3.74. The third kappa shape index (κ3) is 3.74. The zero-order chi connectivity index (χ0) is 18.7. The maximum absolute atomic E-state index is 11.9. The lowest BCUT2D eigenvalue weighted by molar-refractivity contribution is 0.609. The van der Waals surface area contributed by atoms with E-state index in [9.17, 15) is 8.42 Å². The molecule has 0 unspecified atom stereocenters. The predicted octanol–water partition coefficient (Wildman–Crippen LogP) is 6.61. The van der Waals surface area contributed by atoms with Crippen molar-refractivity contribution in [3.63, 3.8) is 0 Å². The van der Waals surface area contributed by atoms with Crippen molar-refractivity contribution in [2.45, 2.75) is 57.3 Å². The van der Waals surface area contributed by atoms with Crippen molar-refractivity contribution in [2.75, 3.05) is 0 Å². The molecule has 3 rings (SSSR count). The molecule has 0 fully saturated rings. The Bertz CT molecular complexity index is 1040. The second-order valence-electron chi connectivity index (χ2n) is 6.86. The molecule has 0 saturated carbocycles. The molecule has 0 heterocycles. The van der Waals surface area contributed by atoms with Crippen LogP contribution < -0.4 is 0 Å². The number of hydrogen-bond donors (Lipinski definition) is 0. The Morgan fingerprint density at radius 3 is 1.77 bits per heavy atom. The van der Waals surface area contributed by atoms with Crippen LogP contribution in [0.15, 0.2) is 47.4 Å². The maximum atomic E-state index is 11.9. The quantitative estimate of drug-likeness (QED) is 0.337. The molecular formula is C22H25ClO2S. The number of benzene rings is 3. The molecule has 0 aliphatic rings. The molecule has 0 spiro atoms. The van der Waals surface area contributed by atoms with E-state index in [0.29, 0.717) is 0 Å². The van der Waals surface area contributed by atoms with Crippen molar-refractivity contribution >= 4 is 41.3 Å². The van der Waals surface area contributed by atoms with E-state index in [2.05, 4.69) is 38.1 Å². The third-order valence-corrected chi connectivity index (χ3v) is 6.41. The molecule has 0 N–H and O–H groups in total. The molecule has 26 heavy (non-hydrogen) atoms. The lowest BCUT2D eigenvalue weighted by Crippen LogP contribution is -1.99. The van der Waals surface area contributed by atoms with Crippen LogP contribution in [-0.2, 0) is 21.9 Å². The summed E-state index contributed by atoms with van der Waals surface area (Å²) < 4.78 is 23.8. The first-order valence-corrected chi connectivity index (χ1v) is 11.7. The van der Waals surface area contributed by atoms with Crippen molar-refractivity contribution in [3.05, 3.63) is 53.6 Å². The van der Waals surface area contributed by atoms with Crippen LogP contribution in [0, 0.1) is 0 Å². The van der Waals surface area contributed by atoms with E-state index in [0.717, 1.165) is 49.3 Å². The zero-order valence-electron chi connectivity index (χ0n) is 15.4. The van der Waals surface area contributed by atoms with Gasteiger partial charge in [0, 0.05) is 10.7 Å². The summed E-state index contributed by atoms with van der Waals surface area (Å²) in [6.07, 6.45) is 6.35. The van der Waals surface area contributed by atoms with Gasteiger partial charge < -0.3 is 0 Å². The highest BCUT2D eigenvalue weighted by molar-refractivity contribution is 8.13. The number of fused-ring (bicyclic) bond motifs is 2. The molecule has 138 valence electrons. The van der Waals surface area contributed by atoms with Crippen LogP contribution in [0.25, 0.3) is 21.5 Å². The van der Waals surface area contributed by atoms with E-state index in [4.69, 9.17) is 10.7 Å². The Morgan fingerprint density at radius 1 is 0.769 bits per heavy atom. The SMILES string of the molecule is CCCCc1c2ccccc2c(CCCC)c2cc(S(=O)(=O)Cl)ccc12. The molecule has 0 aliphatic carbocycles. The molecule has 0 aromatic heterocycles. The second kappa shape index (κ2) is 7.98. The summed E-state index contributed by atoms with van der Waals surface area (Å²) in [7, 11) is 1.89. The molecule has 0 atom stereocenters. The van der Waals surface area contributed by atoms with Crippen LogP contribution >= 0.6 is 10.7 Å². The van der Waals surface area contributed by atoms with Gasteiger partial charge >= 0.3 is 0 Å². The van der Waals surface area contributed by atoms with Gasteiger partial charge in [-0.25, -0.2) is 8.42 Å². The van der Waals surface area contributed by atoms with Gasteiger partial charge in [0.15, 0.2) is 0 Å². The number of hydrogen-bond acceptors (Lipinski definition) is 2. The summed E-state index contributed by atoms with van der Waals surface area (Å²) in [5.41, 5.74) is 2.55. The fourth-order valence-corrected chi connectivity index (χ4v) is 4.51. The molecule has 0 bridgehead atoms. The topological polar surface area (TPSA) is 34.1 Å². The van der Waals surface area contributed by atoms with Gasteiger partial charge in [0.1, 0.15) is 0 Å². The molecule has 0 aliphatic heterocycles. The van der Waals surface area contributed by atoms with Gasteiger partial charge in [0.2, 0.25) is 0 Å². The average Bonchev–Trinajstić information content (AvgIpc) is 2.63. The number of rotatable bonds is 7. The molecule has 0 radical (unpaired) electrons. The largest absolute Gasteiger partial charge is 0.261 e. The minimum Gasteiger partial charge on any atom is -0.207 e. The van der Waals surface area contributed by atoms with Gasteiger partial charge in [-0.05, 0) is 70.5 Å². The Hall–Kier alpha value is -1.58. The van der Waals surface area contributed by atoms with Gasteiger partial charge in [-0.15, -0.1) is 0 Å². The van der Waals surface area contributed by atoms with Crippen LogP contribution in [0.2, 0.25) is 0 Å². The standard InChI is InChI=1S/C22H25ClO2S/c1-3-5-9-17-18-11-7-8-12-19(18)20(10-6-4-2)22-15-16(26(23,24)25)13-14-21(17)22/h7-8,11-15H,3-6,9-10H2,1-2H3. The van der Waals surface area contributed by atoms with E-state index < -0.39 is 9.05 Å². The lowest BCUT2D eigenvalue weighted by atomic mass is 9.88. The summed E-state index contributed by atoms with van der Waals surface area (Å²) in [4.78, 5) is 0.182. The first-order chi connectivity index (χ1) is 12.5. The van der Waals surface area contributed by atoms with Crippen LogP contribution in [-0.4, -0.2) is 8.42 Å². The average molecular weight is 389 g/mol. The highest BCUT2D eigenvalue weighted by Gasteiger charge is 2.17. The molecule has 4 heteroatoms. The van der Waals surface area contributed by atoms with E-state index >= 15 is 0 Å². The first kappa shape index (κ1) is 19.2. The van der Waals surface area contributed by atoms with Crippen molar-refractivity contribution in [1.82, 2.24) is 0 Å². The Morgan fingerprint density at radius 2 is 1.27 bits per heavy atom. The lowest BCUT2D eigenvalue weighted by Gasteiger charge is -2.17. The summed E-state index contributed by atoms with van der Waals surface area (Å²) >= 11 is 0. The molecule has 0 amide bonds. The van der Waals surface area contributed by atoms with E-state index in [1.165, 1.54) is 21.9 Å². The third-order valence-electron chi connectivity index (χ3n) is 5.06. The van der Waals surface area contributed by atoms with E-state index in [-0.39, 0.29) is 4.90 Å². The number of halogens is 1. The minimum absolute atomic E-state index is 0.182. The normalized spacial score (nSPS) is 12.1. The van der Waals surface area contributed by atoms with E-state index in [1.54, 1.807) is 12.1 Å². The highest BCUT2D eigenvalue weighted by atomic mass is 35.7. The van der Waals surface area contributed by atoms with Gasteiger partial charge in [-0.3, -0.25) is 0 Å². The second-order valence-corrected chi connectivity index (χ2v) is 9.42. The maximum Gasteiger partial charge on any atom is 0.261 e. The van der Waals surface area contributed by atoms with Crippen molar-refractivity contribution in [1.29, 1.82) is 0 Å². The summed E-state index contributed by atoms with van der Waals surface area (Å²) in [5.74, 6) is 0. The van der Waals surface area contributed by atoms with Crippen LogP contribution in [0.4, 0.5) is 0 Å². The summed E-state index contributed by atoms with van der Waals surface area (Å²) in [6, 6.07) is 13.9. The summed E-state index contributed by atoms with van der Waals surface area (Å²) in [6.45, 7) is 4.37. The fraction of sp³-hybridized carbons (Fsp3) is 0.364. The Balaban J connectivity index is 2.40. The van der Waals surface area contributed by atoms with Crippen molar-refractivity contribution in [3.8, 4) is 0 Å². The van der Waals surface area contributed by atoms with Crippen molar-refractivity contribution < 1.29 is 8.42 Å². The number of unbranched alkanes of at least 4 members (excludes halogenated alkanes) is 2. The number of aryl methyl sites for hydroxylation is 2. The zero-order valence-corrected chi connectivity index (χ0v) is 17.0. The van der Waals surface area contributed by atoms with E-state index in [1.807, 2.05) is 6.07 Å². The highest BCUT2D eigenvalue weighted by Crippen LogP contribution is 2.36. The molecular weight excluding hydrogens is 364 g/mol. The first-order valence-electron chi connectivity index (χ1n) is 9.38. The summed E-state index contributed by atoms with van der Waals surface area (Å²) in [5, 5.41) is 4.72. The van der Waals surface area contributed by atoms with Crippen molar-refractivity contribution in [2.24, 2.45) is 0 Å². The fourth-order valence-electron chi connectivity index (χ4n) is 3.73. The van der Waals surface area contributed by atoms with Gasteiger partial charge in [0.25, 0.3) is 9.05 Å². The van der Waals surface area contributed by atoms with Gasteiger partial charge in [0.05, 0.1) is 4.90 Å². The van der Waals surface area contributed by atoms with Crippen LogP contribution in [0.3, 0.4) is 0 Å². The smallest absolute Gasteiger partial charge is 0.207 e. The Kier molecular flexibility index (Phi) is 5.89. The monoisotopic (exact) mass is 388 g/mol. The Labute approximate surface area is 160 Å².